The van der Waals surface area contributed by atoms with E-state index in [1.165, 1.54) is 24.0 Å². The van der Waals surface area contributed by atoms with Crippen LogP contribution in [-0.4, -0.2) is 0 Å². The van der Waals surface area contributed by atoms with Crippen LogP contribution in [0.25, 0.3) is 0 Å². The van der Waals surface area contributed by atoms with Crippen molar-refractivity contribution >= 4 is 5.69 Å². The van der Waals surface area contributed by atoms with E-state index in [9.17, 15) is 0 Å². The summed E-state index contributed by atoms with van der Waals surface area (Å²) >= 11 is 0. The van der Waals surface area contributed by atoms with Gasteiger partial charge in [0.05, 0.1) is 0 Å². The Morgan fingerprint density at radius 2 is 2.07 bits per heavy atom. The minimum absolute atomic E-state index is 0.163. The Hall–Kier alpha value is -1.02. The van der Waals surface area contributed by atoms with E-state index in [0.717, 1.165) is 12.1 Å². The minimum Gasteiger partial charge on any atom is -0.399 e. The third-order valence-corrected chi connectivity index (χ3v) is 2.56. The summed E-state index contributed by atoms with van der Waals surface area (Å²) in [6.07, 6.45) is 3.44. The van der Waals surface area contributed by atoms with Crippen LogP contribution in [0.2, 0.25) is 0 Å². The monoisotopic (exact) mass is 192 g/mol. The van der Waals surface area contributed by atoms with Crippen LogP contribution in [0.15, 0.2) is 18.2 Å². The normalized spacial score (nSPS) is 12.8. The molecule has 0 bridgehead atoms. The summed E-state index contributed by atoms with van der Waals surface area (Å²) in [5, 5.41) is 0. The van der Waals surface area contributed by atoms with Gasteiger partial charge in [-0.15, -0.1) is 0 Å². The number of anilines is 1. The molecular weight excluding hydrogens is 172 g/mol. The van der Waals surface area contributed by atoms with Gasteiger partial charge in [0.15, 0.2) is 0 Å². The number of unbranched alkanes of at least 4 members (excludes halogenated alkanes) is 1. The summed E-state index contributed by atoms with van der Waals surface area (Å²) in [5.41, 5.74) is 15.0. The highest BCUT2D eigenvalue weighted by Crippen LogP contribution is 2.22. The number of benzene rings is 1. The molecule has 0 saturated heterocycles. The van der Waals surface area contributed by atoms with E-state index in [1.807, 2.05) is 18.2 Å². The molecule has 1 aromatic carbocycles. The molecule has 1 atom stereocenters. The van der Waals surface area contributed by atoms with Gasteiger partial charge in [-0.2, -0.15) is 0 Å². The summed E-state index contributed by atoms with van der Waals surface area (Å²) in [4.78, 5) is 0. The molecule has 0 aliphatic heterocycles. The first-order valence-electron chi connectivity index (χ1n) is 5.26. The maximum Gasteiger partial charge on any atom is 0.0316 e. The van der Waals surface area contributed by atoms with E-state index >= 15 is 0 Å². The molecule has 2 heteroatoms. The lowest BCUT2D eigenvalue weighted by Crippen LogP contribution is -2.11. The molecule has 0 heterocycles. The van der Waals surface area contributed by atoms with E-state index in [2.05, 4.69) is 13.8 Å². The van der Waals surface area contributed by atoms with Crippen molar-refractivity contribution in [3.05, 3.63) is 29.3 Å². The number of hydrogen-bond donors (Lipinski definition) is 2. The Morgan fingerprint density at radius 3 is 2.64 bits per heavy atom. The number of aryl methyl sites for hydroxylation is 1. The van der Waals surface area contributed by atoms with Crippen LogP contribution < -0.4 is 11.5 Å². The highest BCUT2D eigenvalue weighted by molar-refractivity contribution is 5.45. The largest absolute Gasteiger partial charge is 0.399 e. The standard InChI is InChI=1S/C12H20N2/c1-3-4-5-12(14)11-7-6-10(13)8-9(11)2/h6-8,12H,3-5,13-14H2,1-2H3/t12-/m0/s1. The van der Waals surface area contributed by atoms with Crippen LogP contribution in [0.5, 0.6) is 0 Å². The summed E-state index contributed by atoms with van der Waals surface area (Å²) in [6.45, 7) is 4.25. The molecule has 0 saturated carbocycles. The van der Waals surface area contributed by atoms with Crippen LogP contribution in [0, 0.1) is 6.92 Å². The molecule has 78 valence electrons. The Labute approximate surface area is 86.3 Å². The number of rotatable bonds is 4. The molecule has 1 rings (SSSR count). The molecule has 0 amide bonds. The lowest BCUT2D eigenvalue weighted by atomic mass is 9.97. The fraction of sp³-hybridized carbons (Fsp3) is 0.500. The molecule has 2 nitrogen and oxygen atoms in total. The summed E-state index contributed by atoms with van der Waals surface area (Å²) in [5.74, 6) is 0. The zero-order chi connectivity index (χ0) is 10.6. The van der Waals surface area contributed by atoms with E-state index < -0.39 is 0 Å². The Kier molecular flexibility index (Phi) is 3.96. The van der Waals surface area contributed by atoms with Crippen LogP contribution in [-0.2, 0) is 0 Å². The smallest absolute Gasteiger partial charge is 0.0316 e. The maximum atomic E-state index is 6.09. The van der Waals surface area contributed by atoms with Crippen LogP contribution in [0.4, 0.5) is 5.69 Å². The van der Waals surface area contributed by atoms with E-state index in [-0.39, 0.29) is 6.04 Å². The second kappa shape index (κ2) is 5.01. The van der Waals surface area contributed by atoms with Gasteiger partial charge in [0.2, 0.25) is 0 Å². The Bertz CT molecular complexity index is 294. The molecule has 0 fully saturated rings. The zero-order valence-corrected chi connectivity index (χ0v) is 9.09. The average molecular weight is 192 g/mol. The SMILES string of the molecule is CCCC[C@H](N)c1ccc(N)cc1C. The fourth-order valence-corrected chi connectivity index (χ4v) is 1.69. The fourth-order valence-electron chi connectivity index (χ4n) is 1.69. The lowest BCUT2D eigenvalue weighted by Gasteiger charge is -2.14. The molecular formula is C12H20N2. The molecule has 0 radical (unpaired) electrons. The van der Waals surface area contributed by atoms with Gasteiger partial charge in [0, 0.05) is 11.7 Å². The number of nitrogen functional groups attached to an aromatic ring is 1. The van der Waals surface area contributed by atoms with Crippen molar-refractivity contribution in [1.29, 1.82) is 0 Å². The first kappa shape index (κ1) is 11.1. The third kappa shape index (κ3) is 2.74. The van der Waals surface area contributed by atoms with E-state index in [1.54, 1.807) is 0 Å². The lowest BCUT2D eigenvalue weighted by molar-refractivity contribution is 0.601. The van der Waals surface area contributed by atoms with Gasteiger partial charge in [-0.3, -0.25) is 0 Å². The van der Waals surface area contributed by atoms with Crippen molar-refractivity contribution in [2.75, 3.05) is 5.73 Å². The van der Waals surface area contributed by atoms with Gasteiger partial charge >= 0.3 is 0 Å². The molecule has 1 aromatic rings. The second-order valence-corrected chi connectivity index (χ2v) is 3.86. The number of hydrogen-bond acceptors (Lipinski definition) is 2. The molecule has 0 aromatic heterocycles. The highest BCUT2D eigenvalue weighted by Gasteiger charge is 2.07. The Balaban J connectivity index is 2.74. The quantitative estimate of drug-likeness (QED) is 0.721. The van der Waals surface area contributed by atoms with Gasteiger partial charge < -0.3 is 11.5 Å². The zero-order valence-electron chi connectivity index (χ0n) is 9.09. The van der Waals surface area contributed by atoms with Crippen LogP contribution in [0.1, 0.15) is 43.4 Å². The molecule has 0 spiro atoms. The first-order chi connectivity index (χ1) is 6.65. The summed E-state index contributed by atoms with van der Waals surface area (Å²) in [6, 6.07) is 6.12. The molecule has 0 unspecified atom stereocenters. The van der Waals surface area contributed by atoms with Gasteiger partial charge in [0.25, 0.3) is 0 Å². The van der Waals surface area contributed by atoms with Crippen molar-refractivity contribution in [3.8, 4) is 0 Å². The van der Waals surface area contributed by atoms with Gasteiger partial charge in [-0.05, 0) is 36.6 Å². The number of nitrogens with two attached hydrogens (primary N) is 2. The van der Waals surface area contributed by atoms with Crippen molar-refractivity contribution in [2.45, 2.75) is 39.2 Å². The summed E-state index contributed by atoms with van der Waals surface area (Å²) < 4.78 is 0. The average Bonchev–Trinajstić information content (AvgIpc) is 2.14. The van der Waals surface area contributed by atoms with Crippen molar-refractivity contribution < 1.29 is 0 Å². The predicted octanol–water partition coefficient (Wildman–Crippen LogP) is 2.77. The van der Waals surface area contributed by atoms with E-state index in [0.29, 0.717) is 0 Å². The van der Waals surface area contributed by atoms with Crippen molar-refractivity contribution in [1.82, 2.24) is 0 Å². The van der Waals surface area contributed by atoms with Crippen molar-refractivity contribution in [2.24, 2.45) is 5.73 Å². The third-order valence-electron chi connectivity index (χ3n) is 2.56. The summed E-state index contributed by atoms with van der Waals surface area (Å²) in [7, 11) is 0. The van der Waals surface area contributed by atoms with Gasteiger partial charge in [-0.25, -0.2) is 0 Å². The van der Waals surface area contributed by atoms with E-state index in [4.69, 9.17) is 11.5 Å². The minimum atomic E-state index is 0.163. The Morgan fingerprint density at radius 1 is 1.36 bits per heavy atom. The van der Waals surface area contributed by atoms with Crippen molar-refractivity contribution in [3.63, 3.8) is 0 Å². The molecule has 4 N–H and O–H groups in total. The van der Waals surface area contributed by atoms with Gasteiger partial charge in [0.1, 0.15) is 0 Å². The molecule has 0 aliphatic rings. The first-order valence-corrected chi connectivity index (χ1v) is 5.26. The molecule has 0 aliphatic carbocycles. The highest BCUT2D eigenvalue weighted by atomic mass is 14.6. The van der Waals surface area contributed by atoms with Crippen LogP contribution >= 0.6 is 0 Å². The molecule has 14 heavy (non-hydrogen) atoms. The maximum absolute atomic E-state index is 6.09. The topological polar surface area (TPSA) is 52.0 Å². The van der Waals surface area contributed by atoms with Gasteiger partial charge in [-0.1, -0.05) is 25.8 Å². The second-order valence-electron chi connectivity index (χ2n) is 3.86. The van der Waals surface area contributed by atoms with Crippen LogP contribution in [0.3, 0.4) is 0 Å². The predicted molar refractivity (Wildman–Crippen MR) is 62.0 cm³/mol.